The number of ether oxygens (including phenoxy) is 1. The van der Waals surface area contributed by atoms with Crippen LogP contribution in [0.4, 0.5) is 0 Å². The molecule has 1 unspecified atom stereocenters. The van der Waals surface area contributed by atoms with Gasteiger partial charge in [-0.3, -0.25) is 9.59 Å². The molecule has 4 N–H and O–H groups in total. The van der Waals surface area contributed by atoms with Gasteiger partial charge in [0.1, 0.15) is 11.5 Å². The highest BCUT2D eigenvalue weighted by atomic mass is 16.5. The summed E-state index contributed by atoms with van der Waals surface area (Å²) < 4.78 is 10.7. The number of carbonyl (C=O) groups excluding carboxylic acids is 2. The lowest BCUT2D eigenvalue weighted by atomic mass is 9.89. The van der Waals surface area contributed by atoms with Gasteiger partial charge in [-0.15, -0.1) is 0 Å². The normalized spacial score (nSPS) is 18.7. The number of carbonyl (C=O) groups is 2. The number of rotatable bonds is 9. The Morgan fingerprint density at radius 1 is 1.24 bits per heavy atom. The maximum atomic E-state index is 12.8. The molecule has 1 saturated heterocycles. The number of amides is 2. The van der Waals surface area contributed by atoms with E-state index in [-0.39, 0.29) is 29.5 Å². The van der Waals surface area contributed by atoms with Crippen LogP contribution in [0, 0.1) is 5.92 Å². The van der Waals surface area contributed by atoms with E-state index in [1.54, 1.807) is 42.3 Å². The van der Waals surface area contributed by atoms with E-state index in [4.69, 9.17) is 15.0 Å². The number of phenols is 1. The second kappa shape index (κ2) is 10.4. The predicted octanol–water partition coefficient (Wildman–Crippen LogP) is 1.81. The summed E-state index contributed by atoms with van der Waals surface area (Å²) in [6, 6.07) is 7.65. The lowest BCUT2D eigenvalue weighted by Crippen LogP contribution is -2.51. The second-order valence-electron chi connectivity index (χ2n) is 9.06. The fraction of sp³-hybridized carbons (Fsp3) is 0.542. The van der Waals surface area contributed by atoms with Crippen LogP contribution in [0.2, 0.25) is 0 Å². The van der Waals surface area contributed by atoms with E-state index < -0.39 is 6.04 Å². The number of methoxy groups -OCH3 is 1. The van der Waals surface area contributed by atoms with Gasteiger partial charge in [-0.2, -0.15) is 0 Å². The summed E-state index contributed by atoms with van der Waals surface area (Å²) in [5.41, 5.74) is 7.38. The second-order valence-corrected chi connectivity index (χ2v) is 9.06. The third kappa shape index (κ3) is 5.91. The van der Waals surface area contributed by atoms with Crippen molar-refractivity contribution in [2.45, 2.75) is 50.1 Å². The summed E-state index contributed by atoms with van der Waals surface area (Å²) >= 11 is 0. The van der Waals surface area contributed by atoms with Crippen LogP contribution in [0.15, 0.2) is 34.9 Å². The van der Waals surface area contributed by atoms with Crippen molar-refractivity contribution >= 4 is 11.8 Å². The molecule has 2 amide bonds. The average Bonchev–Trinajstić information content (AvgIpc) is 3.56. The smallest absolute Gasteiger partial charge is 0.273 e. The number of nitrogens with two attached hydrogens (primary N) is 1. The molecule has 2 aliphatic rings. The highest BCUT2D eigenvalue weighted by Gasteiger charge is 2.33. The third-order valence-corrected chi connectivity index (χ3v) is 6.53. The largest absolute Gasteiger partial charge is 0.508 e. The molecule has 2 fully saturated rings. The fourth-order valence-electron chi connectivity index (χ4n) is 4.40. The zero-order chi connectivity index (χ0) is 23.4. The first-order valence-electron chi connectivity index (χ1n) is 11.5. The van der Waals surface area contributed by atoms with Gasteiger partial charge in [-0.1, -0.05) is 17.3 Å². The number of benzene rings is 1. The molecule has 9 nitrogen and oxygen atoms in total. The van der Waals surface area contributed by atoms with Crippen molar-refractivity contribution in [3.05, 3.63) is 47.3 Å². The van der Waals surface area contributed by atoms with Gasteiger partial charge in [-0.05, 0) is 55.7 Å². The van der Waals surface area contributed by atoms with Crippen LogP contribution < -0.4 is 11.1 Å². The van der Waals surface area contributed by atoms with Crippen LogP contribution in [-0.4, -0.2) is 65.9 Å². The first kappa shape index (κ1) is 23.3. The molecule has 4 rings (SSSR count). The minimum atomic E-state index is -0.631. The number of nitrogens with one attached hydrogen (secondary N) is 1. The summed E-state index contributed by atoms with van der Waals surface area (Å²) in [5, 5.41) is 16.4. The number of hydrogen-bond acceptors (Lipinski definition) is 7. The summed E-state index contributed by atoms with van der Waals surface area (Å²) in [5.74, 6) is 1.20. The SMILES string of the molecule is COCC(NC(=O)c1cc(C2CC2)on1)C1CCN(C(=O)[C@@H](N)Cc2ccc(O)cc2)CC1. The Morgan fingerprint density at radius 2 is 1.94 bits per heavy atom. The summed E-state index contributed by atoms with van der Waals surface area (Å²) in [7, 11) is 1.61. The monoisotopic (exact) mass is 456 g/mol. The standard InChI is InChI=1S/C24H32N4O5/c1-32-14-21(26-23(30)20-13-22(33-27-20)17-4-5-17)16-8-10-28(11-9-16)24(31)19(25)12-15-2-6-18(29)7-3-15/h2-3,6-7,13,16-17,19,21,29H,4-5,8-12,14,25H2,1H3,(H,26,30)/t19-,21?/m0/s1. The lowest BCUT2D eigenvalue weighted by molar-refractivity contribution is -0.134. The maximum absolute atomic E-state index is 12.8. The molecule has 33 heavy (non-hydrogen) atoms. The van der Waals surface area contributed by atoms with Crippen molar-refractivity contribution in [3.8, 4) is 5.75 Å². The van der Waals surface area contributed by atoms with Crippen molar-refractivity contribution in [3.63, 3.8) is 0 Å². The minimum absolute atomic E-state index is 0.0796. The zero-order valence-corrected chi connectivity index (χ0v) is 18.9. The van der Waals surface area contributed by atoms with E-state index in [1.807, 2.05) is 0 Å². The number of aromatic hydroxyl groups is 1. The summed E-state index contributed by atoms with van der Waals surface area (Å²) in [4.78, 5) is 27.3. The van der Waals surface area contributed by atoms with E-state index in [1.165, 1.54) is 0 Å². The molecule has 9 heteroatoms. The van der Waals surface area contributed by atoms with Crippen molar-refractivity contribution < 1.29 is 24.0 Å². The fourth-order valence-corrected chi connectivity index (χ4v) is 4.40. The molecule has 1 aliphatic carbocycles. The van der Waals surface area contributed by atoms with E-state index in [0.29, 0.717) is 37.7 Å². The Bertz CT molecular complexity index is 948. The molecule has 2 heterocycles. The molecule has 2 aromatic rings. The Hall–Kier alpha value is -2.91. The number of phenolic OH excluding ortho intramolecular Hbond substituents is 1. The number of aromatic nitrogens is 1. The van der Waals surface area contributed by atoms with Crippen molar-refractivity contribution in [2.75, 3.05) is 26.8 Å². The van der Waals surface area contributed by atoms with Gasteiger partial charge in [-0.25, -0.2) is 0 Å². The highest BCUT2D eigenvalue weighted by molar-refractivity contribution is 5.92. The summed E-state index contributed by atoms with van der Waals surface area (Å²) in [6.07, 6.45) is 4.08. The number of likely N-dealkylation sites (tertiary alicyclic amines) is 1. The molecule has 1 aromatic carbocycles. The number of hydrogen-bond donors (Lipinski definition) is 3. The molecular weight excluding hydrogens is 424 g/mol. The van der Waals surface area contributed by atoms with Gasteiger partial charge in [0.15, 0.2) is 5.69 Å². The third-order valence-electron chi connectivity index (χ3n) is 6.53. The summed E-state index contributed by atoms with van der Waals surface area (Å²) in [6.45, 7) is 1.55. The molecule has 1 aromatic heterocycles. The van der Waals surface area contributed by atoms with E-state index in [9.17, 15) is 14.7 Å². The predicted molar refractivity (Wildman–Crippen MR) is 121 cm³/mol. The topological polar surface area (TPSA) is 131 Å². The number of nitrogens with zero attached hydrogens (tertiary/aromatic N) is 2. The van der Waals surface area contributed by atoms with Crippen molar-refractivity contribution in [1.29, 1.82) is 0 Å². The van der Waals surface area contributed by atoms with Crippen LogP contribution in [0.1, 0.15) is 53.4 Å². The van der Waals surface area contributed by atoms with E-state index >= 15 is 0 Å². The first-order chi connectivity index (χ1) is 15.9. The van der Waals surface area contributed by atoms with Gasteiger partial charge < -0.3 is 30.3 Å². The molecule has 1 aliphatic heterocycles. The molecule has 1 saturated carbocycles. The van der Waals surface area contributed by atoms with E-state index in [2.05, 4.69) is 10.5 Å². The Morgan fingerprint density at radius 3 is 2.58 bits per heavy atom. The molecule has 2 atom stereocenters. The van der Waals surface area contributed by atoms with Crippen LogP contribution in [-0.2, 0) is 16.0 Å². The average molecular weight is 457 g/mol. The Balaban J connectivity index is 1.29. The molecule has 0 bridgehead atoms. The van der Waals surface area contributed by atoms with Crippen molar-refractivity contribution in [1.82, 2.24) is 15.4 Å². The van der Waals surface area contributed by atoms with E-state index in [0.717, 1.165) is 37.0 Å². The van der Waals surface area contributed by atoms with Crippen LogP contribution in [0.5, 0.6) is 5.75 Å². The lowest BCUT2D eigenvalue weighted by Gasteiger charge is -2.37. The zero-order valence-electron chi connectivity index (χ0n) is 18.9. The van der Waals surface area contributed by atoms with Gasteiger partial charge in [0.2, 0.25) is 5.91 Å². The first-order valence-corrected chi connectivity index (χ1v) is 11.5. The van der Waals surface area contributed by atoms with Gasteiger partial charge in [0.05, 0.1) is 18.7 Å². The Labute approximate surface area is 193 Å². The number of piperidine rings is 1. The van der Waals surface area contributed by atoms with Crippen molar-refractivity contribution in [2.24, 2.45) is 11.7 Å². The van der Waals surface area contributed by atoms with Crippen LogP contribution in [0.25, 0.3) is 0 Å². The Kier molecular flexibility index (Phi) is 7.29. The minimum Gasteiger partial charge on any atom is -0.508 e. The molecule has 178 valence electrons. The maximum Gasteiger partial charge on any atom is 0.273 e. The molecular formula is C24H32N4O5. The van der Waals surface area contributed by atoms with Gasteiger partial charge in [0.25, 0.3) is 5.91 Å². The highest BCUT2D eigenvalue weighted by Crippen LogP contribution is 2.40. The molecule has 0 radical (unpaired) electrons. The quantitative estimate of drug-likeness (QED) is 0.524. The van der Waals surface area contributed by atoms with Gasteiger partial charge >= 0.3 is 0 Å². The van der Waals surface area contributed by atoms with Crippen LogP contribution >= 0.6 is 0 Å². The molecule has 0 spiro atoms. The van der Waals surface area contributed by atoms with Crippen LogP contribution in [0.3, 0.4) is 0 Å². The van der Waals surface area contributed by atoms with Gasteiger partial charge in [0, 0.05) is 32.2 Å².